The fraction of sp³-hybridized carbons (Fsp3) is 1.00. The zero-order valence-electron chi connectivity index (χ0n) is 11.2. The third kappa shape index (κ3) is 6.91. The molecule has 0 heterocycles. The highest BCUT2D eigenvalue weighted by Gasteiger charge is 2.20. The van der Waals surface area contributed by atoms with Crippen molar-refractivity contribution in [1.82, 2.24) is 4.90 Å². The first-order valence-electron chi connectivity index (χ1n) is 6.46. The number of likely N-dealkylation sites (N-methyl/N-ethyl adjacent to an activating group) is 1. The number of hydrogen-bond acceptors (Lipinski definition) is 2. The zero-order chi connectivity index (χ0) is 11.7. The molecular formula is C13H30N2. The molecule has 2 N–H and O–H groups in total. The number of hydrogen-bond donors (Lipinski definition) is 1. The summed E-state index contributed by atoms with van der Waals surface area (Å²) in [7, 11) is 2.18. The monoisotopic (exact) mass is 214 g/mol. The van der Waals surface area contributed by atoms with Crippen molar-refractivity contribution >= 4 is 0 Å². The summed E-state index contributed by atoms with van der Waals surface area (Å²) in [5, 5.41) is 0. The van der Waals surface area contributed by atoms with Gasteiger partial charge in [0.05, 0.1) is 0 Å². The molecule has 0 aliphatic rings. The molecule has 0 unspecified atom stereocenters. The quantitative estimate of drug-likeness (QED) is 0.598. The molecule has 2 heteroatoms. The third-order valence-electron chi connectivity index (χ3n) is 3.38. The minimum Gasteiger partial charge on any atom is -0.329 e. The van der Waals surface area contributed by atoms with E-state index in [-0.39, 0.29) is 5.54 Å². The van der Waals surface area contributed by atoms with E-state index in [1.54, 1.807) is 0 Å². The standard InChI is InChI=1S/C13H30N2/c1-5-6-7-8-9-10-11-15(4)13(2,3)12-14/h5-12,14H2,1-4H3. The maximum atomic E-state index is 5.74. The van der Waals surface area contributed by atoms with Crippen molar-refractivity contribution in [1.29, 1.82) is 0 Å². The highest BCUT2D eigenvalue weighted by atomic mass is 15.2. The van der Waals surface area contributed by atoms with Gasteiger partial charge in [-0.05, 0) is 33.9 Å². The Bertz CT molecular complexity index is 143. The van der Waals surface area contributed by atoms with E-state index in [4.69, 9.17) is 5.73 Å². The normalized spacial score (nSPS) is 12.4. The van der Waals surface area contributed by atoms with Crippen LogP contribution in [-0.2, 0) is 0 Å². The van der Waals surface area contributed by atoms with Crippen LogP contribution >= 0.6 is 0 Å². The smallest absolute Gasteiger partial charge is 0.0272 e. The lowest BCUT2D eigenvalue weighted by atomic mass is 10.0. The predicted octanol–water partition coefficient (Wildman–Crippen LogP) is 3.02. The van der Waals surface area contributed by atoms with Crippen LogP contribution in [0.15, 0.2) is 0 Å². The molecule has 0 saturated heterocycles. The second-order valence-corrected chi connectivity index (χ2v) is 5.21. The first-order chi connectivity index (χ1) is 7.04. The van der Waals surface area contributed by atoms with Crippen molar-refractivity contribution in [2.45, 2.75) is 64.8 Å². The van der Waals surface area contributed by atoms with Gasteiger partial charge in [0.15, 0.2) is 0 Å². The van der Waals surface area contributed by atoms with Gasteiger partial charge in [-0.15, -0.1) is 0 Å². The molecule has 0 fully saturated rings. The van der Waals surface area contributed by atoms with Crippen LogP contribution in [0.25, 0.3) is 0 Å². The van der Waals surface area contributed by atoms with Crippen LogP contribution in [0.1, 0.15) is 59.3 Å². The van der Waals surface area contributed by atoms with Gasteiger partial charge < -0.3 is 5.73 Å². The topological polar surface area (TPSA) is 29.3 Å². The van der Waals surface area contributed by atoms with Crippen molar-refractivity contribution < 1.29 is 0 Å². The highest BCUT2D eigenvalue weighted by molar-refractivity contribution is 4.79. The van der Waals surface area contributed by atoms with Gasteiger partial charge in [-0.3, -0.25) is 4.90 Å². The van der Waals surface area contributed by atoms with Crippen LogP contribution in [0.4, 0.5) is 0 Å². The summed E-state index contributed by atoms with van der Waals surface area (Å²) >= 11 is 0. The first-order valence-corrected chi connectivity index (χ1v) is 6.46. The van der Waals surface area contributed by atoms with Gasteiger partial charge in [-0.1, -0.05) is 39.0 Å². The van der Waals surface area contributed by atoms with E-state index >= 15 is 0 Å². The summed E-state index contributed by atoms with van der Waals surface area (Å²) < 4.78 is 0. The van der Waals surface area contributed by atoms with Crippen molar-refractivity contribution in [3.63, 3.8) is 0 Å². The van der Waals surface area contributed by atoms with Crippen LogP contribution in [0.2, 0.25) is 0 Å². The predicted molar refractivity (Wildman–Crippen MR) is 69.1 cm³/mol. The summed E-state index contributed by atoms with van der Waals surface area (Å²) in [6.45, 7) is 8.60. The molecule has 0 amide bonds. The van der Waals surface area contributed by atoms with Crippen molar-refractivity contribution in [2.24, 2.45) is 5.73 Å². The molecule has 0 atom stereocenters. The van der Waals surface area contributed by atoms with E-state index in [0.717, 1.165) is 6.54 Å². The van der Waals surface area contributed by atoms with E-state index in [0.29, 0.717) is 0 Å². The Morgan fingerprint density at radius 2 is 1.53 bits per heavy atom. The van der Waals surface area contributed by atoms with Crippen LogP contribution in [-0.4, -0.2) is 30.6 Å². The number of nitrogens with zero attached hydrogens (tertiary/aromatic N) is 1. The molecule has 15 heavy (non-hydrogen) atoms. The van der Waals surface area contributed by atoms with E-state index in [1.807, 2.05) is 0 Å². The highest BCUT2D eigenvalue weighted by Crippen LogP contribution is 2.12. The fourth-order valence-electron chi connectivity index (χ4n) is 1.59. The van der Waals surface area contributed by atoms with Crippen LogP contribution in [0.3, 0.4) is 0 Å². The van der Waals surface area contributed by atoms with E-state index < -0.39 is 0 Å². The summed E-state index contributed by atoms with van der Waals surface area (Å²) in [6, 6.07) is 0. The van der Waals surface area contributed by atoms with Gasteiger partial charge in [0.2, 0.25) is 0 Å². The fourth-order valence-corrected chi connectivity index (χ4v) is 1.59. The van der Waals surface area contributed by atoms with Gasteiger partial charge in [0.25, 0.3) is 0 Å². The van der Waals surface area contributed by atoms with E-state index in [2.05, 4.69) is 32.7 Å². The lowest BCUT2D eigenvalue weighted by Gasteiger charge is -2.34. The lowest BCUT2D eigenvalue weighted by Crippen LogP contribution is -2.47. The largest absolute Gasteiger partial charge is 0.329 e. The molecule has 0 aliphatic heterocycles. The minimum absolute atomic E-state index is 0.156. The summed E-state index contributed by atoms with van der Waals surface area (Å²) in [5.74, 6) is 0. The average molecular weight is 214 g/mol. The van der Waals surface area contributed by atoms with Crippen LogP contribution in [0, 0.1) is 0 Å². The molecule has 0 aromatic heterocycles. The molecule has 0 aromatic carbocycles. The maximum absolute atomic E-state index is 5.74. The van der Waals surface area contributed by atoms with Crippen molar-refractivity contribution in [3.8, 4) is 0 Å². The molecule has 92 valence electrons. The second kappa shape index (κ2) is 8.12. The average Bonchev–Trinajstić information content (AvgIpc) is 2.22. The van der Waals surface area contributed by atoms with Crippen molar-refractivity contribution in [2.75, 3.05) is 20.1 Å². The third-order valence-corrected chi connectivity index (χ3v) is 3.38. The Morgan fingerprint density at radius 1 is 1.00 bits per heavy atom. The molecule has 2 nitrogen and oxygen atoms in total. The first kappa shape index (κ1) is 14.9. The van der Waals surface area contributed by atoms with Crippen LogP contribution in [0.5, 0.6) is 0 Å². The maximum Gasteiger partial charge on any atom is 0.0272 e. The minimum atomic E-state index is 0.156. The second-order valence-electron chi connectivity index (χ2n) is 5.21. The molecule has 0 aliphatic carbocycles. The molecule has 0 radical (unpaired) electrons. The zero-order valence-corrected chi connectivity index (χ0v) is 11.2. The summed E-state index contributed by atoms with van der Waals surface area (Å²) in [6.07, 6.45) is 8.20. The van der Waals surface area contributed by atoms with Crippen molar-refractivity contribution in [3.05, 3.63) is 0 Å². The summed E-state index contributed by atoms with van der Waals surface area (Å²) in [5.41, 5.74) is 5.89. The molecule has 0 spiro atoms. The Balaban J connectivity index is 3.43. The van der Waals surface area contributed by atoms with Gasteiger partial charge >= 0.3 is 0 Å². The molecule has 0 rings (SSSR count). The van der Waals surface area contributed by atoms with Gasteiger partial charge in [0, 0.05) is 12.1 Å². The number of unbranched alkanes of at least 4 members (excludes halogenated alkanes) is 5. The molecular weight excluding hydrogens is 184 g/mol. The molecule has 0 bridgehead atoms. The Labute approximate surface area is 96.2 Å². The van der Waals surface area contributed by atoms with Gasteiger partial charge in [0.1, 0.15) is 0 Å². The Kier molecular flexibility index (Phi) is 8.07. The van der Waals surface area contributed by atoms with Gasteiger partial charge in [-0.25, -0.2) is 0 Å². The Morgan fingerprint density at radius 3 is 2.07 bits per heavy atom. The number of rotatable bonds is 9. The lowest BCUT2D eigenvalue weighted by molar-refractivity contribution is 0.160. The SMILES string of the molecule is CCCCCCCCN(C)C(C)(C)CN. The van der Waals surface area contributed by atoms with Crippen LogP contribution < -0.4 is 5.73 Å². The van der Waals surface area contributed by atoms with E-state index in [9.17, 15) is 0 Å². The summed E-state index contributed by atoms with van der Waals surface area (Å²) in [4.78, 5) is 2.38. The molecule has 0 saturated carbocycles. The Hall–Kier alpha value is -0.0800. The molecule has 0 aromatic rings. The van der Waals surface area contributed by atoms with E-state index in [1.165, 1.54) is 45.1 Å². The van der Waals surface area contributed by atoms with Gasteiger partial charge in [-0.2, -0.15) is 0 Å². The number of nitrogens with two attached hydrogens (primary N) is 1.